The number of methoxy groups -OCH3 is 1. The monoisotopic (exact) mass is 356 g/mol. The molecular weight excluding hydrogens is 332 g/mol. The fraction of sp³-hybridized carbons (Fsp3) is 0.429. The van der Waals surface area contributed by atoms with Gasteiger partial charge in [-0.15, -0.1) is 0 Å². The van der Waals surface area contributed by atoms with Gasteiger partial charge in [-0.1, -0.05) is 48.4 Å². The molecule has 2 aromatic carbocycles. The summed E-state index contributed by atoms with van der Waals surface area (Å²) in [4.78, 5) is 0. The van der Waals surface area contributed by atoms with Gasteiger partial charge in [0.15, 0.2) is 0 Å². The van der Waals surface area contributed by atoms with Gasteiger partial charge in [0, 0.05) is 35.3 Å². The number of fused-ring (bicyclic) bond motifs is 1. The van der Waals surface area contributed by atoms with Gasteiger partial charge in [-0.05, 0) is 42.5 Å². The summed E-state index contributed by atoms with van der Waals surface area (Å²) in [5.74, 6) is 1.58. The van der Waals surface area contributed by atoms with Crippen LogP contribution in [0.4, 0.5) is 0 Å². The molecule has 1 aliphatic carbocycles. The summed E-state index contributed by atoms with van der Waals surface area (Å²) in [6, 6.07) is 18.0. The van der Waals surface area contributed by atoms with E-state index in [2.05, 4.69) is 41.0 Å². The van der Waals surface area contributed by atoms with E-state index in [1.807, 2.05) is 18.2 Å². The Morgan fingerprint density at radius 2 is 2.00 bits per heavy atom. The minimum absolute atomic E-state index is 0.363. The Bertz CT molecular complexity index is 721. The highest BCUT2D eigenvalue weighted by Crippen LogP contribution is 2.41. The molecule has 1 aliphatic heterocycles. The Balaban J connectivity index is 1.55. The summed E-state index contributed by atoms with van der Waals surface area (Å²) < 4.78 is 5.50. The third-order valence-electron chi connectivity index (χ3n) is 5.71. The van der Waals surface area contributed by atoms with Gasteiger partial charge in [-0.2, -0.15) is 0 Å². The van der Waals surface area contributed by atoms with Gasteiger partial charge in [0.05, 0.1) is 7.11 Å². The maximum absolute atomic E-state index is 6.19. The molecule has 2 aliphatic rings. The highest BCUT2D eigenvalue weighted by atomic mass is 35.5. The Morgan fingerprint density at radius 1 is 1.16 bits per heavy atom. The predicted octanol–water partition coefficient (Wildman–Crippen LogP) is 4.32. The number of rotatable bonds is 5. The third-order valence-corrected chi connectivity index (χ3v) is 5.95. The minimum Gasteiger partial charge on any atom is -0.496 e. The number of hydrogen-bond acceptors (Lipinski definition) is 3. The fourth-order valence-electron chi connectivity index (χ4n) is 4.55. The number of ether oxygens (including phenoxy) is 1. The first-order valence-corrected chi connectivity index (χ1v) is 9.51. The van der Waals surface area contributed by atoms with Crippen molar-refractivity contribution < 1.29 is 4.74 Å². The lowest BCUT2D eigenvalue weighted by Crippen LogP contribution is -2.37. The Labute approximate surface area is 154 Å². The maximum atomic E-state index is 6.19. The zero-order chi connectivity index (χ0) is 17.2. The zero-order valence-electron chi connectivity index (χ0n) is 14.5. The average molecular weight is 357 g/mol. The molecule has 0 radical (unpaired) electrons. The van der Waals surface area contributed by atoms with Crippen LogP contribution in [0.25, 0.3) is 0 Å². The van der Waals surface area contributed by atoms with Crippen LogP contribution in [-0.4, -0.2) is 19.2 Å². The summed E-state index contributed by atoms with van der Waals surface area (Å²) in [6.07, 6.45) is 3.90. The third kappa shape index (κ3) is 3.41. The van der Waals surface area contributed by atoms with Crippen molar-refractivity contribution in [1.82, 2.24) is 10.6 Å². The van der Waals surface area contributed by atoms with Crippen LogP contribution in [0.2, 0.25) is 5.02 Å². The van der Waals surface area contributed by atoms with Crippen LogP contribution in [0.5, 0.6) is 5.75 Å². The normalized spacial score (nSPS) is 28.1. The largest absolute Gasteiger partial charge is 0.496 e. The van der Waals surface area contributed by atoms with Crippen molar-refractivity contribution >= 4 is 11.6 Å². The molecule has 0 amide bonds. The molecular formula is C21H25ClN2O. The van der Waals surface area contributed by atoms with E-state index in [1.165, 1.54) is 24.8 Å². The first-order valence-electron chi connectivity index (χ1n) is 9.13. The summed E-state index contributed by atoms with van der Waals surface area (Å²) in [5.41, 5.74) is 2.48. The minimum atomic E-state index is 0.363. The summed E-state index contributed by atoms with van der Waals surface area (Å²) >= 11 is 6.19. The molecule has 4 unspecified atom stereocenters. The van der Waals surface area contributed by atoms with Crippen LogP contribution in [0.3, 0.4) is 0 Å². The van der Waals surface area contributed by atoms with E-state index in [-0.39, 0.29) is 0 Å². The second-order valence-electron chi connectivity index (χ2n) is 7.12. The van der Waals surface area contributed by atoms with E-state index in [1.54, 1.807) is 7.11 Å². The molecule has 3 nitrogen and oxygen atoms in total. The van der Waals surface area contributed by atoms with Crippen molar-refractivity contribution in [1.29, 1.82) is 0 Å². The molecule has 1 saturated heterocycles. The smallest absolute Gasteiger partial charge is 0.123 e. The van der Waals surface area contributed by atoms with Crippen molar-refractivity contribution in [3.63, 3.8) is 0 Å². The van der Waals surface area contributed by atoms with Gasteiger partial charge in [-0.3, -0.25) is 0 Å². The highest BCUT2D eigenvalue weighted by Gasteiger charge is 2.45. The van der Waals surface area contributed by atoms with Crippen molar-refractivity contribution in [2.45, 2.75) is 43.9 Å². The average Bonchev–Trinajstić information content (AvgIpc) is 3.22. The van der Waals surface area contributed by atoms with E-state index in [0.717, 1.165) is 22.9 Å². The van der Waals surface area contributed by atoms with Crippen molar-refractivity contribution in [2.75, 3.05) is 7.11 Å². The predicted molar refractivity (Wildman–Crippen MR) is 102 cm³/mol. The molecule has 0 spiro atoms. The number of halogens is 1. The molecule has 25 heavy (non-hydrogen) atoms. The lowest BCUT2D eigenvalue weighted by atomic mass is 9.91. The molecule has 132 valence electrons. The lowest BCUT2D eigenvalue weighted by Gasteiger charge is -2.26. The van der Waals surface area contributed by atoms with Crippen LogP contribution >= 0.6 is 11.6 Å². The second kappa shape index (κ2) is 7.36. The quantitative estimate of drug-likeness (QED) is 0.837. The Hall–Kier alpha value is -1.55. The van der Waals surface area contributed by atoms with E-state index >= 15 is 0 Å². The van der Waals surface area contributed by atoms with Crippen molar-refractivity contribution in [3.8, 4) is 5.75 Å². The SMILES string of the molecule is COc1ccc(Cl)cc1CNC1C(c2ccccc2)NC2CCCC21. The number of benzene rings is 2. The molecule has 4 rings (SSSR count). The summed E-state index contributed by atoms with van der Waals surface area (Å²) in [6.45, 7) is 0.767. The molecule has 4 atom stereocenters. The first kappa shape index (κ1) is 16.9. The second-order valence-corrected chi connectivity index (χ2v) is 7.56. The molecule has 1 saturated carbocycles. The van der Waals surface area contributed by atoms with E-state index in [9.17, 15) is 0 Å². The number of nitrogens with one attached hydrogen (secondary N) is 2. The van der Waals surface area contributed by atoms with Gasteiger partial charge < -0.3 is 15.4 Å². The van der Waals surface area contributed by atoms with Crippen LogP contribution in [0.1, 0.15) is 36.4 Å². The van der Waals surface area contributed by atoms with E-state index < -0.39 is 0 Å². The van der Waals surface area contributed by atoms with Gasteiger partial charge in [0.25, 0.3) is 0 Å². The standard InChI is InChI=1S/C21H25ClN2O/c1-25-19-11-10-16(22)12-15(19)13-23-21-17-8-5-9-18(17)24-20(21)14-6-3-2-4-7-14/h2-4,6-7,10-12,17-18,20-21,23-24H,5,8-9,13H2,1H3. The van der Waals surface area contributed by atoms with Crippen molar-refractivity contribution in [3.05, 3.63) is 64.7 Å². The zero-order valence-corrected chi connectivity index (χ0v) is 15.3. The van der Waals surface area contributed by atoms with Gasteiger partial charge in [-0.25, -0.2) is 0 Å². The lowest BCUT2D eigenvalue weighted by molar-refractivity contribution is 0.365. The van der Waals surface area contributed by atoms with Crippen LogP contribution in [0, 0.1) is 5.92 Å². The summed E-state index contributed by atoms with van der Waals surface area (Å²) in [5, 5.41) is 8.44. The van der Waals surface area contributed by atoms with Crippen LogP contribution < -0.4 is 15.4 Å². The number of hydrogen-bond donors (Lipinski definition) is 2. The maximum Gasteiger partial charge on any atom is 0.123 e. The Morgan fingerprint density at radius 3 is 2.80 bits per heavy atom. The molecule has 2 fully saturated rings. The fourth-order valence-corrected chi connectivity index (χ4v) is 4.75. The van der Waals surface area contributed by atoms with Crippen LogP contribution in [0.15, 0.2) is 48.5 Å². The summed E-state index contributed by atoms with van der Waals surface area (Å²) in [7, 11) is 1.71. The van der Waals surface area contributed by atoms with E-state index in [4.69, 9.17) is 16.3 Å². The van der Waals surface area contributed by atoms with Crippen LogP contribution in [-0.2, 0) is 6.54 Å². The molecule has 2 aromatic rings. The molecule has 2 N–H and O–H groups in total. The molecule has 0 aromatic heterocycles. The van der Waals surface area contributed by atoms with Gasteiger partial charge >= 0.3 is 0 Å². The van der Waals surface area contributed by atoms with Crippen molar-refractivity contribution in [2.24, 2.45) is 5.92 Å². The first-order chi connectivity index (χ1) is 12.3. The molecule has 1 heterocycles. The highest BCUT2D eigenvalue weighted by molar-refractivity contribution is 6.30. The van der Waals surface area contributed by atoms with Gasteiger partial charge in [0.1, 0.15) is 5.75 Å². The Kier molecular flexibility index (Phi) is 4.98. The van der Waals surface area contributed by atoms with Gasteiger partial charge in [0.2, 0.25) is 0 Å². The molecule has 4 heteroatoms. The topological polar surface area (TPSA) is 33.3 Å². The van der Waals surface area contributed by atoms with E-state index in [0.29, 0.717) is 24.0 Å². The molecule has 0 bridgehead atoms.